The number of hydrogen-bond donors (Lipinski definition) is 3. The number of nitrogen functional groups attached to an aromatic ring is 1. The van der Waals surface area contributed by atoms with Crippen LogP contribution in [0.3, 0.4) is 0 Å². The van der Waals surface area contributed by atoms with Crippen molar-refractivity contribution >= 4 is 5.82 Å². The molecule has 0 aliphatic heterocycles. The van der Waals surface area contributed by atoms with E-state index in [-0.39, 0.29) is 0 Å². The molecule has 4 N–H and O–H groups in total. The van der Waals surface area contributed by atoms with Gasteiger partial charge in [0.05, 0.1) is 13.3 Å². The lowest BCUT2D eigenvalue weighted by Gasteiger charge is -2.22. The Morgan fingerprint density at radius 1 is 1.26 bits per heavy atom. The summed E-state index contributed by atoms with van der Waals surface area (Å²) in [6.45, 7) is 0. The van der Waals surface area contributed by atoms with Gasteiger partial charge in [0.25, 0.3) is 0 Å². The third kappa shape index (κ3) is 1.82. The minimum atomic E-state index is 0.309. The lowest BCUT2D eigenvalue weighted by molar-refractivity contribution is 0.401. The number of methoxy groups -OCH3 is 1. The van der Waals surface area contributed by atoms with Gasteiger partial charge in [0.15, 0.2) is 0 Å². The number of rotatable bonds is 2. The highest BCUT2D eigenvalue weighted by molar-refractivity contribution is 5.81. The van der Waals surface area contributed by atoms with Crippen molar-refractivity contribution in [1.29, 1.82) is 0 Å². The Hall–Kier alpha value is -2.17. The summed E-state index contributed by atoms with van der Waals surface area (Å²) in [5.74, 6) is 1.58. The van der Waals surface area contributed by atoms with E-state index in [1.165, 1.54) is 0 Å². The quantitative estimate of drug-likeness (QED) is 0.772. The first-order chi connectivity index (χ1) is 9.22. The summed E-state index contributed by atoms with van der Waals surface area (Å²) in [5, 5.41) is 17.1. The molecule has 100 valence electrons. The molecule has 0 unspecified atom stereocenters. The number of hydrogen-bond acceptors (Lipinski definition) is 4. The summed E-state index contributed by atoms with van der Waals surface area (Å²) >= 11 is 0. The zero-order valence-electron chi connectivity index (χ0n) is 10.9. The molecule has 0 bridgehead atoms. The van der Waals surface area contributed by atoms with Gasteiger partial charge >= 0.3 is 0 Å². The average molecular weight is 259 g/mol. The zero-order chi connectivity index (χ0) is 13.4. The summed E-state index contributed by atoms with van der Waals surface area (Å²) < 4.78 is 5.46. The van der Waals surface area contributed by atoms with Gasteiger partial charge in [-0.3, -0.25) is 5.10 Å². The molecular formula is C14H17N3O2. The summed E-state index contributed by atoms with van der Waals surface area (Å²) in [5.41, 5.74) is 9.34. The molecule has 0 radical (unpaired) electrons. The van der Waals surface area contributed by atoms with Crippen molar-refractivity contribution in [3.8, 4) is 22.6 Å². The normalized spacial score (nSPS) is 14.2. The highest BCUT2D eigenvalue weighted by Gasteiger charge is 2.22. The van der Waals surface area contributed by atoms with Crippen LogP contribution in [0.1, 0.15) is 24.0 Å². The molecular weight excluding hydrogens is 242 g/mol. The van der Waals surface area contributed by atoms with Crippen molar-refractivity contribution in [2.75, 3.05) is 12.8 Å². The minimum absolute atomic E-state index is 0.309. The Bertz CT molecular complexity index is 619. The van der Waals surface area contributed by atoms with E-state index in [2.05, 4.69) is 10.2 Å². The molecule has 2 aromatic rings. The summed E-state index contributed by atoms with van der Waals surface area (Å²) in [4.78, 5) is 0. The first kappa shape index (κ1) is 11.9. The Morgan fingerprint density at radius 3 is 2.63 bits per heavy atom. The van der Waals surface area contributed by atoms with Crippen molar-refractivity contribution in [2.45, 2.75) is 25.7 Å². The molecule has 0 saturated carbocycles. The Labute approximate surface area is 111 Å². The lowest BCUT2D eigenvalue weighted by atomic mass is 9.87. The van der Waals surface area contributed by atoms with E-state index < -0.39 is 0 Å². The van der Waals surface area contributed by atoms with Gasteiger partial charge in [-0.2, -0.15) is 5.10 Å². The molecule has 1 aromatic carbocycles. The number of aromatic hydroxyl groups is 1. The predicted molar refractivity (Wildman–Crippen MR) is 73.3 cm³/mol. The number of aromatic amines is 1. The fraction of sp³-hybridized carbons (Fsp3) is 0.357. The summed E-state index contributed by atoms with van der Waals surface area (Å²) in [7, 11) is 1.66. The van der Waals surface area contributed by atoms with E-state index in [1.807, 2.05) is 6.07 Å². The van der Waals surface area contributed by atoms with Crippen molar-refractivity contribution in [2.24, 2.45) is 0 Å². The largest absolute Gasteiger partial charge is 0.507 e. The van der Waals surface area contributed by atoms with Crippen LogP contribution in [0.25, 0.3) is 11.1 Å². The smallest absolute Gasteiger partial charge is 0.127 e. The molecule has 1 aliphatic rings. The predicted octanol–water partition coefficient (Wildman–Crippen LogP) is 2.25. The second kappa shape index (κ2) is 4.50. The van der Waals surface area contributed by atoms with Crippen LogP contribution in [-0.2, 0) is 12.8 Å². The van der Waals surface area contributed by atoms with Crippen LogP contribution in [0.2, 0.25) is 0 Å². The zero-order valence-corrected chi connectivity index (χ0v) is 10.9. The number of aromatic nitrogens is 2. The third-order valence-electron chi connectivity index (χ3n) is 3.76. The van der Waals surface area contributed by atoms with E-state index in [1.54, 1.807) is 13.3 Å². The monoisotopic (exact) mass is 259 g/mol. The first-order valence-corrected chi connectivity index (χ1v) is 6.43. The number of nitrogens with two attached hydrogens (primary N) is 1. The molecule has 0 atom stereocenters. The van der Waals surface area contributed by atoms with Gasteiger partial charge in [0.2, 0.25) is 0 Å². The second-order valence-electron chi connectivity index (χ2n) is 4.84. The number of phenolic OH excluding ortho intramolecular Hbond substituents is 1. The summed E-state index contributed by atoms with van der Waals surface area (Å²) in [6.07, 6.45) is 5.68. The van der Waals surface area contributed by atoms with Crippen molar-refractivity contribution in [3.05, 3.63) is 23.4 Å². The molecule has 0 amide bonds. The molecule has 3 rings (SSSR count). The number of anilines is 1. The molecule has 19 heavy (non-hydrogen) atoms. The van der Waals surface area contributed by atoms with Gasteiger partial charge in [0, 0.05) is 22.3 Å². The molecule has 1 aromatic heterocycles. The minimum Gasteiger partial charge on any atom is -0.507 e. The molecule has 5 nitrogen and oxygen atoms in total. The van der Waals surface area contributed by atoms with E-state index in [0.29, 0.717) is 22.7 Å². The van der Waals surface area contributed by atoms with Crippen LogP contribution >= 0.6 is 0 Å². The fourth-order valence-electron chi connectivity index (χ4n) is 2.79. The van der Waals surface area contributed by atoms with E-state index in [9.17, 15) is 5.11 Å². The molecule has 0 fully saturated rings. The number of phenols is 1. The standard InChI is InChI=1S/C14H17N3O2/c1-19-12-6-10(11-7-16-17-14(11)15)13(18)9-5-3-2-4-8(9)12/h6-7,18H,2-5H2,1H3,(H3,15,16,17). The lowest BCUT2D eigenvalue weighted by Crippen LogP contribution is -2.06. The number of H-pyrrole nitrogens is 1. The Balaban J connectivity index is 2.24. The van der Waals surface area contributed by atoms with E-state index in [0.717, 1.165) is 42.6 Å². The van der Waals surface area contributed by atoms with Gasteiger partial charge in [0.1, 0.15) is 17.3 Å². The van der Waals surface area contributed by atoms with Crippen LogP contribution in [0.4, 0.5) is 5.82 Å². The molecule has 0 saturated heterocycles. The van der Waals surface area contributed by atoms with E-state index in [4.69, 9.17) is 10.5 Å². The average Bonchev–Trinajstić information content (AvgIpc) is 2.86. The number of ether oxygens (including phenoxy) is 1. The van der Waals surface area contributed by atoms with Crippen molar-refractivity contribution in [1.82, 2.24) is 10.2 Å². The van der Waals surface area contributed by atoms with Crippen LogP contribution in [0.5, 0.6) is 11.5 Å². The van der Waals surface area contributed by atoms with Crippen LogP contribution in [0, 0.1) is 0 Å². The molecule has 5 heteroatoms. The maximum Gasteiger partial charge on any atom is 0.127 e. The highest BCUT2D eigenvalue weighted by Crippen LogP contribution is 2.43. The van der Waals surface area contributed by atoms with Crippen LogP contribution in [-0.4, -0.2) is 22.4 Å². The van der Waals surface area contributed by atoms with E-state index >= 15 is 0 Å². The number of benzene rings is 1. The fourth-order valence-corrected chi connectivity index (χ4v) is 2.79. The number of nitrogens with zero attached hydrogens (tertiary/aromatic N) is 1. The molecule has 1 heterocycles. The van der Waals surface area contributed by atoms with Gasteiger partial charge in [-0.1, -0.05) is 0 Å². The summed E-state index contributed by atoms with van der Waals surface area (Å²) in [6, 6.07) is 1.85. The van der Waals surface area contributed by atoms with Gasteiger partial charge in [-0.25, -0.2) is 0 Å². The molecule has 0 spiro atoms. The van der Waals surface area contributed by atoms with Gasteiger partial charge in [-0.05, 0) is 31.7 Å². The van der Waals surface area contributed by atoms with Crippen molar-refractivity contribution < 1.29 is 9.84 Å². The Kier molecular flexibility index (Phi) is 2.81. The van der Waals surface area contributed by atoms with Gasteiger partial charge < -0.3 is 15.6 Å². The van der Waals surface area contributed by atoms with Crippen molar-refractivity contribution in [3.63, 3.8) is 0 Å². The highest BCUT2D eigenvalue weighted by atomic mass is 16.5. The maximum atomic E-state index is 10.5. The molecule has 1 aliphatic carbocycles. The maximum absolute atomic E-state index is 10.5. The van der Waals surface area contributed by atoms with Crippen LogP contribution < -0.4 is 10.5 Å². The third-order valence-corrected chi connectivity index (χ3v) is 3.76. The van der Waals surface area contributed by atoms with Crippen LogP contribution in [0.15, 0.2) is 12.3 Å². The number of fused-ring (bicyclic) bond motifs is 1. The number of nitrogens with one attached hydrogen (secondary N) is 1. The Morgan fingerprint density at radius 2 is 2.00 bits per heavy atom. The second-order valence-corrected chi connectivity index (χ2v) is 4.84. The SMILES string of the molecule is COc1cc(-c2cn[nH]c2N)c(O)c2c1CCCC2. The first-order valence-electron chi connectivity index (χ1n) is 6.43. The topological polar surface area (TPSA) is 84.2 Å². The van der Waals surface area contributed by atoms with Gasteiger partial charge in [-0.15, -0.1) is 0 Å².